The fourth-order valence-electron chi connectivity index (χ4n) is 2.53. The molecule has 8 nitrogen and oxygen atoms in total. The van der Waals surface area contributed by atoms with Crippen molar-refractivity contribution in [1.29, 1.82) is 0 Å². The van der Waals surface area contributed by atoms with Crippen molar-refractivity contribution in [2.24, 2.45) is 0 Å². The molecule has 1 fully saturated rings. The molecule has 0 atom stereocenters. The molecule has 132 valence electrons. The number of amides is 1. The van der Waals surface area contributed by atoms with Crippen LogP contribution in [-0.4, -0.2) is 55.4 Å². The zero-order chi connectivity index (χ0) is 17.7. The molecule has 2 rings (SSSR count). The van der Waals surface area contributed by atoms with Crippen molar-refractivity contribution in [3.8, 4) is 5.75 Å². The summed E-state index contributed by atoms with van der Waals surface area (Å²) in [6.07, 6.45) is 1.14. The number of ether oxygens (including phenoxy) is 1. The molecule has 0 unspecified atom stereocenters. The topological polar surface area (TPSA) is 113 Å². The number of rotatable bonds is 6. The van der Waals surface area contributed by atoms with Crippen molar-refractivity contribution in [2.45, 2.75) is 30.7 Å². The number of aliphatic carboxylic acids is 1. The Morgan fingerprint density at radius 3 is 2.33 bits per heavy atom. The largest absolute Gasteiger partial charge is 0.482 e. The van der Waals surface area contributed by atoms with Crippen LogP contribution < -0.4 is 10.1 Å². The van der Waals surface area contributed by atoms with Crippen molar-refractivity contribution in [3.05, 3.63) is 24.3 Å². The van der Waals surface area contributed by atoms with Crippen molar-refractivity contribution < 1.29 is 27.9 Å². The van der Waals surface area contributed by atoms with Crippen LogP contribution in [0.2, 0.25) is 0 Å². The molecule has 0 aromatic heterocycles. The summed E-state index contributed by atoms with van der Waals surface area (Å²) in [7, 11) is -3.61. The Balaban J connectivity index is 2.00. The number of carboxylic acid groups (broad SMARTS) is 1. The van der Waals surface area contributed by atoms with Gasteiger partial charge in [-0.15, -0.1) is 0 Å². The highest BCUT2D eigenvalue weighted by atomic mass is 32.2. The molecule has 1 aliphatic heterocycles. The van der Waals surface area contributed by atoms with E-state index in [9.17, 15) is 18.0 Å². The smallest absolute Gasteiger partial charge is 0.341 e. The molecule has 0 aliphatic carbocycles. The number of piperidine rings is 1. The van der Waals surface area contributed by atoms with Gasteiger partial charge >= 0.3 is 5.97 Å². The van der Waals surface area contributed by atoms with E-state index in [4.69, 9.17) is 9.84 Å². The molecular weight excluding hydrogens is 336 g/mol. The van der Waals surface area contributed by atoms with Crippen molar-refractivity contribution in [3.63, 3.8) is 0 Å². The van der Waals surface area contributed by atoms with E-state index >= 15 is 0 Å². The first-order valence-electron chi connectivity index (χ1n) is 7.51. The molecule has 0 radical (unpaired) electrons. The first-order valence-corrected chi connectivity index (χ1v) is 8.95. The van der Waals surface area contributed by atoms with E-state index in [0.717, 1.165) is 0 Å². The summed E-state index contributed by atoms with van der Waals surface area (Å²) in [5.41, 5.74) is 0. The maximum absolute atomic E-state index is 12.6. The number of hydrogen-bond donors (Lipinski definition) is 2. The van der Waals surface area contributed by atoms with Gasteiger partial charge in [-0.2, -0.15) is 4.31 Å². The zero-order valence-corrected chi connectivity index (χ0v) is 14.1. The SMILES string of the molecule is CC(=O)NC1CCN(S(=O)(=O)c2ccc(OCC(=O)O)cc2)CC1. The van der Waals surface area contributed by atoms with Gasteiger partial charge in [0.25, 0.3) is 0 Å². The van der Waals surface area contributed by atoms with Crippen LogP contribution in [-0.2, 0) is 19.6 Å². The van der Waals surface area contributed by atoms with Gasteiger partial charge in [0.1, 0.15) is 5.75 Å². The fraction of sp³-hybridized carbons (Fsp3) is 0.467. The average molecular weight is 356 g/mol. The standard InChI is InChI=1S/C15H20N2O6S/c1-11(18)16-12-6-8-17(9-7-12)24(21,22)14-4-2-13(3-5-14)23-10-15(19)20/h2-5,12H,6-10H2,1H3,(H,16,18)(H,19,20). The van der Waals surface area contributed by atoms with Gasteiger partial charge in [0.2, 0.25) is 15.9 Å². The summed E-state index contributed by atoms with van der Waals surface area (Å²) in [6.45, 7) is 1.63. The lowest BCUT2D eigenvalue weighted by molar-refractivity contribution is -0.139. The van der Waals surface area contributed by atoms with E-state index in [1.54, 1.807) is 0 Å². The van der Waals surface area contributed by atoms with E-state index in [-0.39, 0.29) is 16.8 Å². The Morgan fingerprint density at radius 2 is 1.83 bits per heavy atom. The summed E-state index contributed by atoms with van der Waals surface area (Å²) >= 11 is 0. The molecule has 1 aliphatic rings. The molecule has 1 heterocycles. The highest BCUT2D eigenvalue weighted by molar-refractivity contribution is 7.89. The van der Waals surface area contributed by atoms with Crippen molar-refractivity contribution in [2.75, 3.05) is 19.7 Å². The highest BCUT2D eigenvalue weighted by Gasteiger charge is 2.29. The van der Waals surface area contributed by atoms with Gasteiger partial charge in [0, 0.05) is 26.1 Å². The average Bonchev–Trinajstić information content (AvgIpc) is 2.53. The minimum Gasteiger partial charge on any atom is -0.482 e. The summed E-state index contributed by atoms with van der Waals surface area (Å²) in [5, 5.41) is 11.4. The number of nitrogens with one attached hydrogen (secondary N) is 1. The van der Waals surface area contributed by atoms with Crippen LogP contribution in [0.15, 0.2) is 29.2 Å². The summed E-state index contributed by atoms with van der Waals surface area (Å²) in [4.78, 5) is 21.6. The van der Waals surface area contributed by atoms with Crippen LogP contribution in [0, 0.1) is 0 Å². The number of sulfonamides is 1. The van der Waals surface area contributed by atoms with Crippen LogP contribution >= 0.6 is 0 Å². The van der Waals surface area contributed by atoms with Gasteiger partial charge in [0.15, 0.2) is 6.61 Å². The molecule has 1 amide bonds. The molecule has 1 saturated heterocycles. The first-order chi connectivity index (χ1) is 11.3. The van der Waals surface area contributed by atoms with E-state index in [2.05, 4.69) is 5.32 Å². The molecule has 0 bridgehead atoms. The summed E-state index contributed by atoms with van der Waals surface area (Å²) in [5.74, 6) is -0.928. The maximum Gasteiger partial charge on any atom is 0.341 e. The van der Waals surface area contributed by atoms with Gasteiger partial charge in [-0.1, -0.05) is 0 Å². The molecule has 24 heavy (non-hydrogen) atoms. The van der Waals surface area contributed by atoms with Crippen LogP contribution in [0.3, 0.4) is 0 Å². The first kappa shape index (κ1) is 18.2. The van der Waals surface area contributed by atoms with E-state index < -0.39 is 22.6 Å². The third-order valence-corrected chi connectivity index (χ3v) is 5.60. The van der Waals surface area contributed by atoms with Gasteiger partial charge < -0.3 is 15.2 Å². The predicted molar refractivity (Wildman–Crippen MR) is 85.2 cm³/mol. The lowest BCUT2D eigenvalue weighted by Crippen LogP contribution is -2.45. The maximum atomic E-state index is 12.6. The van der Waals surface area contributed by atoms with Gasteiger partial charge in [-0.05, 0) is 37.1 Å². The van der Waals surface area contributed by atoms with Gasteiger partial charge in [-0.25, -0.2) is 13.2 Å². The van der Waals surface area contributed by atoms with Crippen molar-refractivity contribution in [1.82, 2.24) is 9.62 Å². The lowest BCUT2D eigenvalue weighted by Gasteiger charge is -2.31. The Morgan fingerprint density at radius 1 is 1.25 bits per heavy atom. The third-order valence-electron chi connectivity index (χ3n) is 3.69. The molecule has 9 heteroatoms. The molecular formula is C15H20N2O6S. The molecule has 1 aromatic carbocycles. The fourth-order valence-corrected chi connectivity index (χ4v) is 4.00. The van der Waals surface area contributed by atoms with Crippen LogP contribution in [0.5, 0.6) is 5.75 Å². The quantitative estimate of drug-likeness (QED) is 0.765. The number of hydrogen-bond acceptors (Lipinski definition) is 5. The van der Waals surface area contributed by atoms with E-state index in [1.807, 2.05) is 0 Å². The normalized spacial score (nSPS) is 16.5. The van der Waals surface area contributed by atoms with Crippen LogP contribution in [0.25, 0.3) is 0 Å². The number of carboxylic acids is 1. The molecule has 0 spiro atoms. The number of nitrogens with zero attached hydrogens (tertiary/aromatic N) is 1. The summed E-state index contributed by atoms with van der Waals surface area (Å²) < 4.78 is 31.6. The lowest BCUT2D eigenvalue weighted by atomic mass is 10.1. The third kappa shape index (κ3) is 4.68. The highest BCUT2D eigenvalue weighted by Crippen LogP contribution is 2.23. The minimum atomic E-state index is -3.61. The van der Waals surface area contributed by atoms with Crippen molar-refractivity contribution >= 4 is 21.9 Å². The number of carbonyl (C=O) groups excluding carboxylic acids is 1. The van der Waals surface area contributed by atoms with Gasteiger partial charge in [-0.3, -0.25) is 4.79 Å². The second-order valence-corrected chi connectivity index (χ2v) is 7.47. The Kier molecular flexibility index (Phi) is 5.79. The molecule has 1 aromatic rings. The predicted octanol–water partition coefficient (Wildman–Crippen LogP) is 0.439. The second-order valence-electron chi connectivity index (χ2n) is 5.53. The van der Waals surface area contributed by atoms with E-state index in [0.29, 0.717) is 31.7 Å². The Labute approximate surface area is 140 Å². The monoisotopic (exact) mass is 356 g/mol. The van der Waals surface area contributed by atoms with Crippen LogP contribution in [0.1, 0.15) is 19.8 Å². The summed E-state index contributed by atoms with van der Waals surface area (Å²) in [6, 6.07) is 5.65. The number of carbonyl (C=O) groups is 2. The minimum absolute atomic E-state index is 0.000690. The molecule has 0 saturated carbocycles. The Bertz CT molecular complexity index is 693. The van der Waals surface area contributed by atoms with Gasteiger partial charge in [0.05, 0.1) is 4.90 Å². The van der Waals surface area contributed by atoms with Crippen LogP contribution in [0.4, 0.5) is 0 Å². The van der Waals surface area contributed by atoms with E-state index in [1.165, 1.54) is 35.5 Å². The zero-order valence-electron chi connectivity index (χ0n) is 13.3. The molecule has 2 N–H and O–H groups in total. The number of benzene rings is 1. The Hall–Kier alpha value is -2.13. The second kappa shape index (κ2) is 7.63.